The van der Waals surface area contributed by atoms with Crippen molar-refractivity contribution in [2.75, 3.05) is 5.32 Å². The molecule has 0 saturated carbocycles. The van der Waals surface area contributed by atoms with Gasteiger partial charge < -0.3 is 5.32 Å². The van der Waals surface area contributed by atoms with Crippen molar-refractivity contribution in [3.05, 3.63) is 57.8 Å². The Balaban J connectivity index is 1.76. The molecule has 3 aromatic rings. The van der Waals surface area contributed by atoms with Crippen molar-refractivity contribution < 1.29 is 0 Å². The van der Waals surface area contributed by atoms with E-state index in [4.69, 9.17) is 6.57 Å². The minimum absolute atomic E-state index is 0.0544. The monoisotopic (exact) mass is 334 g/mol. The van der Waals surface area contributed by atoms with Crippen LogP contribution in [0.5, 0.6) is 0 Å². The summed E-state index contributed by atoms with van der Waals surface area (Å²) in [6, 6.07) is 7.74. The number of rotatable bonds is 2. The summed E-state index contributed by atoms with van der Waals surface area (Å²) < 4.78 is 3.45. The van der Waals surface area contributed by atoms with Crippen LogP contribution in [0.15, 0.2) is 35.3 Å². The van der Waals surface area contributed by atoms with Crippen LogP contribution in [0.3, 0.4) is 0 Å². The number of hydrogen-bond acceptors (Lipinski definition) is 4. The van der Waals surface area contributed by atoms with Crippen molar-refractivity contribution in [3.63, 3.8) is 0 Å². The van der Waals surface area contributed by atoms with Gasteiger partial charge in [-0.25, -0.2) is 9.53 Å². The largest absolute Gasteiger partial charge is 0.349 e. The van der Waals surface area contributed by atoms with E-state index in [0.717, 1.165) is 12.0 Å². The Hall–Kier alpha value is -3.14. The van der Waals surface area contributed by atoms with Crippen LogP contribution >= 0.6 is 0 Å². The summed E-state index contributed by atoms with van der Waals surface area (Å²) in [6.07, 6.45) is 2.39. The Morgan fingerprint density at radius 3 is 2.76 bits per heavy atom. The smallest absolute Gasteiger partial charge is 0.266 e. The average molecular weight is 334 g/mol. The van der Waals surface area contributed by atoms with Crippen LogP contribution in [0.4, 0.5) is 11.6 Å². The number of hydrogen-bond donors (Lipinski definition) is 1. The first-order valence-corrected chi connectivity index (χ1v) is 8.30. The van der Waals surface area contributed by atoms with Crippen molar-refractivity contribution in [1.82, 2.24) is 19.3 Å². The van der Waals surface area contributed by atoms with Crippen molar-refractivity contribution in [1.29, 1.82) is 0 Å². The average Bonchev–Trinajstić information content (AvgIpc) is 3.06. The summed E-state index contributed by atoms with van der Waals surface area (Å²) >= 11 is 0. The van der Waals surface area contributed by atoms with Gasteiger partial charge in [-0.05, 0) is 25.8 Å². The van der Waals surface area contributed by atoms with Gasteiger partial charge in [-0.1, -0.05) is 24.3 Å². The predicted molar refractivity (Wildman–Crippen MR) is 95.9 cm³/mol. The van der Waals surface area contributed by atoms with Gasteiger partial charge in [0.25, 0.3) is 5.56 Å². The van der Waals surface area contributed by atoms with Crippen LogP contribution < -0.4 is 10.9 Å². The van der Waals surface area contributed by atoms with Gasteiger partial charge in [-0.15, -0.1) is 0 Å². The Bertz CT molecular complexity index is 1040. The lowest BCUT2D eigenvalue weighted by Crippen LogP contribution is -2.32. The molecular weight excluding hydrogens is 316 g/mol. The van der Waals surface area contributed by atoms with Crippen LogP contribution in [0.1, 0.15) is 37.9 Å². The maximum Gasteiger partial charge on any atom is 0.266 e. The second-order valence-electron chi connectivity index (χ2n) is 6.50. The van der Waals surface area contributed by atoms with E-state index in [1.165, 1.54) is 0 Å². The summed E-state index contributed by atoms with van der Waals surface area (Å²) in [7, 11) is 0. The molecule has 1 aromatic carbocycles. The minimum atomic E-state index is -0.0544. The van der Waals surface area contributed by atoms with Crippen LogP contribution in [0, 0.1) is 6.57 Å². The molecule has 1 unspecified atom stereocenters. The maximum absolute atomic E-state index is 12.7. The zero-order valence-corrected chi connectivity index (χ0v) is 14.1. The molecule has 0 radical (unpaired) electrons. The summed E-state index contributed by atoms with van der Waals surface area (Å²) in [5.41, 5.74) is 2.27. The van der Waals surface area contributed by atoms with Gasteiger partial charge in [0.1, 0.15) is 5.39 Å². The third-order valence-corrected chi connectivity index (χ3v) is 4.57. The van der Waals surface area contributed by atoms with E-state index in [0.29, 0.717) is 29.2 Å². The van der Waals surface area contributed by atoms with Crippen LogP contribution in [-0.4, -0.2) is 19.3 Å². The first-order chi connectivity index (χ1) is 12.1. The van der Waals surface area contributed by atoms with E-state index >= 15 is 0 Å². The first kappa shape index (κ1) is 15.4. The maximum atomic E-state index is 12.7. The lowest BCUT2D eigenvalue weighted by molar-refractivity contribution is 0.520. The molecule has 0 saturated heterocycles. The van der Waals surface area contributed by atoms with Gasteiger partial charge in [0.15, 0.2) is 11.3 Å². The standard InChI is InChI=1S/C18H18N6O/c1-11(2)24-16-14(10-20-24)17(25)23-9-8-15(21-18(23)22-16)12-4-6-13(19-3)7-5-12/h4-7,10-11,15H,8-9H2,1-2H3,(H,21,22). The molecule has 1 N–H and O–H groups in total. The van der Waals surface area contributed by atoms with Gasteiger partial charge in [0.05, 0.1) is 18.8 Å². The second-order valence-corrected chi connectivity index (χ2v) is 6.50. The highest BCUT2D eigenvalue weighted by Gasteiger charge is 2.24. The minimum Gasteiger partial charge on any atom is -0.349 e. The number of nitrogens with one attached hydrogen (secondary N) is 1. The van der Waals surface area contributed by atoms with E-state index in [9.17, 15) is 4.79 Å². The van der Waals surface area contributed by atoms with Crippen molar-refractivity contribution in [3.8, 4) is 0 Å². The molecule has 0 bridgehead atoms. The van der Waals surface area contributed by atoms with Crippen molar-refractivity contribution in [2.45, 2.75) is 38.9 Å². The molecule has 25 heavy (non-hydrogen) atoms. The topological polar surface area (TPSA) is 69.1 Å². The summed E-state index contributed by atoms with van der Waals surface area (Å²) in [6.45, 7) is 11.7. The highest BCUT2D eigenvalue weighted by atomic mass is 16.1. The molecule has 0 amide bonds. The molecule has 2 aromatic heterocycles. The third kappa shape index (κ3) is 2.47. The van der Waals surface area contributed by atoms with Crippen LogP contribution in [-0.2, 0) is 6.54 Å². The Morgan fingerprint density at radius 1 is 1.32 bits per heavy atom. The highest BCUT2D eigenvalue weighted by Crippen LogP contribution is 2.28. The fourth-order valence-electron chi connectivity index (χ4n) is 3.23. The number of benzene rings is 1. The fourth-order valence-corrected chi connectivity index (χ4v) is 3.23. The lowest BCUT2D eigenvalue weighted by atomic mass is 10.0. The van der Waals surface area contributed by atoms with E-state index in [1.807, 2.05) is 38.1 Å². The lowest BCUT2D eigenvalue weighted by Gasteiger charge is -2.27. The van der Waals surface area contributed by atoms with Crippen LogP contribution in [0.25, 0.3) is 15.9 Å². The third-order valence-electron chi connectivity index (χ3n) is 4.57. The summed E-state index contributed by atoms with van der Waals surface area (Å²) in [5, 5.41) is 8.24. The second kappa shape index (κ2) is 5.74. The molecule has 126 valence electrons. The van der Waals surface area contributed by atoms with Gasteiger partial charge in [-0.3, -0.25) is 9.36 Å². The molecule has 0 fully saturated rings. The molecule has 4 rings (SSSR count). The molecular formula is C18H18N6O. The first-order valence-electron chi connectivity index (χ1n) is 8.30. The molecule has 0 aliphatic carbocycles. The molecule has 1 aliphatic rings. The Labute approximate surface area is 144 Å². The molecule has 3 heterocycles. The Kier molecular flexibility index (Phi) is 3.53. The highest BCUT2D eigenvalue weighted by molar-refractivity contribution is 5.75. The number of aromatic nitrogens is 4. The number of fused-ring (bicyclic) bond motifs is 2. The zero-order valence-electron chi connectivity index (χ0n) is 14.1. The van der Waals surface area contributed by atoms with Crippen molar-refractivity contribution >= 4 is 22.7 Å². The van der Waals surface area contributed by atoms with Crippen LogP contribution in [0.2, 0.25) is 0 Å². The van der Waals surface area contributed by atoms with Gasteiger partial charge >= 0.3 is 0 Å². The molecule has 7 heteroatoms. The fraction of sp³-hybridized carbons (Fsp3) is 0.333. The molecule has 1 atom stereocenters. The summed E-state index contributed by atoms with van der Waals surface area (Å²) in [4.78, 5) is 20.8. The van der Waals surface area contributed by atoms with E-state index in [2.05, 4.69) is 20.2 Å². The van der Waals surface area contributed by atoms with E-state index in [1.54, 1.807) is 15.4 Å². The predicted octanol–water partition coefficient (Wildman–Crippen LogP) is 3.28. The van der Waals surface area contributed by atoms with Gasteiger partial charge in [-0.2, -0.15) is 10.1 Å². The molecule has 0 spiro atoms. The SMILES string of the molecule is [C-]#[N+]c1ccc(C2CCn3c(nc4c(cnn4C(C)C)c3=O)N2)cc1. The normalized spacial score (nSPS) is 16.5. The Morgan fingerprint density at radius 2 is 2.08 bits per heavy atom. The number of anilines is 1. The molecule has 7 nitrogen and oxygen atoms in total. The molecule has 1 aliphatic heterocycles. The van der Waals surface area contributed by atoms with E-state index < -0.39 is 0 Å². The zero-order chi connectivity index (χ0) is 17.6. The van der Waals surface area contributed by atoms with Crippen molar-refractivity contribution in [2.24, 2.45) is 0 Å². The quantitative estimate of drug-likeness (QED) is 0.730. The van der Waals surface area contributed by atoms with Gasteiger partial charge in [0.2, 0.25) is 5.95 Å². The summed E-state index contributed by atoms with van der Waals surface area (Å²) in [5.74, 6) is 0.574. The van der Waals surface area contributed by atoms with E-state index in [-0.39, 0.29) is 17.6 Å². The van der Waals surface area contributed by atoms with Gasteiger partial charge in [0, 0.05) is 12.6 Å². The number of nitrogens with zero attached hydrogens (tertiary/aromatic N) is 5.